The second-order valence-electron chi connectivity index (χ2n) is 4.59. The zero-order valence-electron chi connectivity index (χ0n) is 10.9. The van der Waals surface area contributed by atoms with Gasteiger partial charge in [-0.15, -0.1) is 0 Å². The number of benzene rings is 1. The van der Waals surface area contributed by atoms with Crippen molar-refractivity contribution in [3.05, 3.63) is 23.8 Å². The fourth-order valence-electron chi connectivity index (χ4n) is 1.41. The summed E-state index contributed by atoms with van der Waals surface area (Å²) in [5.41, 5.74) is 5.53. The molecule has 0 spiro atoms. The standard InChI is InChI=1S/C13H19NO4/c1-13(2,17-3)7-8-18-10-6-4-5-9(14)11(10)12(15)16/h4-6H,7-8,14H2,1-3H3,(H,15,16). The van der Waals surface area contributed by atoms with Crippen LogP contribution in [0, 0.1) is 0 Å². The molecule has 5 nitrogen and oxygen atoms in total. The van der Waals surface area contributed by atoms with Gasteiger partial charge in [0.2, 0.25) is 0 Å². The Morgan fingerprint density at radius 3 is 2.67 bits per heavy atom. The van der Waals surface area contributed by atoms with Gasteiger partial charge in [0.25, 0.3) is 0 Å². The molecule has 100 valence electrons. The fraction of sp³-hybridized carbons (Fsp3) is 0.462. The van der Waals surface area contributed by atoms with Gasteiger partial charge in [-0.3, -0.25) is 0 Å². The highest BCUT2D eigenvalue weighted by Gasteiger charge is 2.18. The van der Waals surface area contributed by atoms with Crippen molar-refractivity contribution < 1.29 is 19.4 Å². The molecular formula is C13H19NO4. The van der Waals surface area contributed by atoms with Crippen LogP contribution >= 0.6 is 0 Å². The number of methoxy groups -OCH3 is 1. The van der Waals surface area contributed by atoms with Crippen LogP contribution in [0.25, 0.3) is 0 Å². The summed E-state index contributed by atoms with van der Waals surface area (Å²) >= 11 is 0. The molecule has 0 amide bonds. The van der Waals surface area contributed by atoms with Crippen LogP contribution in [-0.2, 0) is 4.74 Å². The molecule has 0 aliphatic carbocycles. The van der Waals surface area contributed by atoms with E-state index in [2.05, 4.69) is 0 Å². The molecule has 0 aliphatic heterocycles. The summed E-state index contributed by atoms with van der Waals surface area (Å²) in [6.07, 6.45) is 0.650. The van der Waals surface area contributed by atoms with E-state index < -0.39 is 5.97 Å². The molecule has 0 fully saturated rings. The first-order valence-electron chi connectivity index (χ1n) is 5.67. The molecule has 0 bridgehead atoms. The van der Waals surface area contributed by atoms with Crippen LogP contribution in [0.2, 0.25) is 0 Å². The number of carboxylic acid groups (broad SMARTS) is 1. The molecule has 1 aromatic rings. The highest BCUT2D eigenvalue weighted by Crippen LogP contribution is 2.25. The minimum Gasteiger partial charge on any atom is -0.492 e. The lowest BCUT2D eigenvalue weighted by atomic mass is 10.1. The molecule has 0 atom stereocenters. The normalized spacial score (nSPS) is 11.3. The van der Waals surface area contributed by atoms with Crippen LogP contribution in [-0.4, -0.2) is 30.4 Å². The molecule has 0 saturated carbocycles. The van der Waals surface area contributed by atoms with Gasteiger partial charge in [0.1, 0.15) is 11.3 Å². The second-order valence-corrected chi connectivity index (χ2v) is 4.59. The third-order valence-electron chi connectivity index (χ3n) is 2.79. The van der Waals surface area contributed by atoms with Gasteiger partial charge in [0.05, 0.1) is 12.2 Å². The summed E-state index contributed by atoms with van der Waals surface area (Å²) in [5.74, 6) is -0.802. The highest BCUT2D eigenvalue weighted by atomic mass is 16.5. The number of hydrogen-bond donors (Lipinski definition) is 2. The van der Waals surface area contributed by atoms with Crippen molar-refractivity contribution in [1.29, 1.82) is 0 Å². The average Bonchev–Trinajstić information content (AvgIpc) is 2.28. The van der Waals surface area contributed by atoms with Gasteiger partial charge in [-0.05, 0) is 26.0 Å². The Morgan fingerprint density at radius 2 is 2.11 bits per heavy atom. The van der Waals surface area contributed by atoms with Crippen LogP contribution in [0.5, 0.6) is 5.75 Å². The SMILES string of the molecule is COC(C)(C)CCOc1cccc(N)c1C(=O)O. The third-order valence-corrected chi connectivity index (χ3v) is 2.79. The molecule has 3 N–H and O–H groups in total. The van der Waals surface area contributed by atoms with Crippen molar-refractivity contribution >= 4 is 11.7 Å². The number of hydrogen-bond acceptors (Lipinski definition) is 4. The van der Waals surface area contributed by atoms with Crippen LogP contribution < -0.4 is 10.5 Å². The maximum absolute atomic E-state index is 11.1. The van der Waals surface area contributed by atoms with Crippen LogP contribution in [0.1, 0.15) is 30.6 Å². The minimum atomic E-state index is -1.09. The minimum absolute atomic E-state index is 0.00715. The van der Waals surface area contributed by atoms with Crippen molar-refractivity contribution in [1.82, 2.24) is 0 Å². The number of carbonyl (C=O) groups is 1. The van der Waals surface area contributed by atoms with E-state index in [4.69, 9.17) is 20.3 Å². The largest absolute Gasteiger partial charge is 0.492 e. The third kappa shape index (κ3) is 3.63. The fourth-order valence-corrected chi connectivity index (χ4v) is 1.41. The van der Waals surface area contributed by atoms with Gasteiger partial charge in [-0.1, -0.05) is 6.07 Å². The molecule has 18 heavy (non-hydrogen) atoms. The van der Waals surface area contributed by atoms with Crippen molar-refractivity contribution in [2.45, 2.75) is 25.9 Å². The summed E-state index contributed by atoms with van der Waals surface area (Å²) in [6.45, 7) is 4.24. The van der Waals surface area contributed by atoms with Gasteiger partial charge < -0.3 is 20.3 Å². The van der Waals surface area contributed by atoms with Gasteiger partial charge in [-0.2, -0.15) is 0 Å². The summed E-state index contributed by atoms with van der Waals surface area (Å²) < 4.78 is 10.7. The number of nitrogens with two attached hydrogens (primary N) is 1. The molecule has 0 radical (unpaired) electrons. The summed E-state index contributed by atoms with van der Waals surface area (Å²) in [7, 11) is 1.63. The lowest BCUT2D eigenvalue weighted by molar-refractivity contribution is 0.00539. The number of aromatic carboxylic acids is 1. The molecule has 0 aliphatic rings. The Balaban J connectivity index is 2.74. The summed E-state index contributed by atoms with van der Waals surface area (Å²) in [6, 6.07) is 4.80. The number of rotatable bonds is 6. The quantitative estimate of drug-likeness (QED) is 0.759. The van der Waals surface area contributed by atoms with Gasteiger partial charge in [-0.25, -0.2) is 4.79 Å². The van der Waals surface area contributed by atoms with E-state index in [-0.39, 0.29) is 22.6 Å². The van der Waals surface area contributed by atoms with E-state index in [1.54, 1.807) is 19.2 Å². The number of carboxylic acids is 1. The molecule has 0 heterocycles. The van der Waals surface area contributed by atoms with E-state index in [1.165, 1.54) is 6.07 Å². The molecule has 0 unspecified atom stereocenters. The van der Waals surface area contributed by atoms with E-state index in [0.717, 1.165) is 0 Å². The molecule has 0 saturated heterocycles. The lowest BCUT2D eigenvalue weighted by Crippen LogP contribution is -2.25. The van der Waals surface area contributed by atoms with E-state index >= 15 is 0 Å². The number of ether oxygens (including phenoxy) is 2. The topological polar surface area (TPSA) is 81.8 Å². The Hall–Kier alpha value is -1.75. The Morgan fingerprint density at radius 1 is 1.44 bits per heavy atom. The van der Waals surface area contributed by atoms with Crippen molar-refractivity contribution in [2.24, 2.45) is 0 Å². The molecule has 1 aromatic carbocycles. The first-order chi connectivity index (χ1) is 8.37. The first kappa shape index (κ1) is 14.3. The molecular weight excluding hydrogens is 234 g/mol. The second kappa shape index (κ2) is 5.73. The van der Waals surface area contributed by atoms with Crippen molar-refractivity contribution in [3.8, 4) is 5.75 Å². The maximum Gasteiger partial charge on any atom is 0.341 e. The zero-order valence-corrected chi connectivity index (χ0v) is 10.9. The average molecular weight is 253 g/mol. The van der Waals surface area contributed by atoms with Gasteiger partial charge in [0.15, 0.2) is 0 Å². The summed E-state index contributed by atoms with van der Waals surface area (Å²) in [4.78, 5) is 11.1. The predicted molar refractivity (Wildman–Crippen MR) is 69.0 cm³/mol. The van der Waals surface area contributed by atoms with Crippen LogP contribution in [0.4, 0.5) is 5.69 Å². The highest BCUT2D eigenvalue weighted by molar-refractivity contribution is 5.96. The van der Waals surface area contributed by atoms with Crippen LogP contribution in [0.3, 0.4) is 0 Å². The van der Waals surface area contributed by atoms with E-state index in [0.29, 0.717) is 13.0 Å². The Labute approximate surface area is 107 Å². The number of nitrogen functional groups attached to an aromatic ring is 1. The lowest BCUT2D eigenvalue weighted by Gasteiger charge is -2.23. The predicted octanol–water partition coefficient (Wildman–Crippen LogP) is 2.16. The van der Waals surface area contributed by atoms with E-state index in [1.807, 2.05) is 13.8 Å². The van der Waals surface area contributed by atoms with Gasteiger partial charge >= 0.3 is 5.97 Å². The van der Waals surface area contributed by atoms with Gasteiger partial charge in [0, 0.05) is 19.2 Å². The molecule has 5 heteroatoms. The zero-order chi connectivity index (χ0) is 13.8. The monoisotopic (exact) mass is 253 g/mol. The van der Waals surface area contributed by atoms with Crippen molar-refractivity contribution in [2.75, 3.05) is 19.5 Å². The smallest absolute Gasteiger partial charge is 0.341 e. The number of anilines is 1. The summed E-state index contributed by atoms with van der Waals surface area (Å²) in [5, 5.41) is 9.07. The first-order valence-corrected chi connectivity index (χ1v) is 5.67. The molecule has 0 aromatic heterocycles. The van der Waals surface area contributed by atoms with Crippen molar-refractivity contribution in [3.63, 3.8) is 0 Å². The molecule has 1 rings (SSSR count). The van der Waals surface area contributed by atoms with Crippen LogP contribution in [0.15, 0.2) is 18.2 Å². The Kier molecular flexibility index (Phi) is 4.55. The maximum atomic E-state index is 11.1. The van der Waals surface area contributed by atoms with E-state index in [9.17, 15) is 4.79 Å². The Bertz CT molecular complexity index is 429.